The maximum Gasteiger partial charge on any atom is 0.319 e. The molecule has 0 aromatic heterocycles. The third-order valence-electron chi connectivity index (χ3n) is 8.39. The van der Waals surface area contributed by atoms with Gasteiger partial charge in [0.15, 0.2) is 0 Å². The van der Waals surface area contributed by atoms with Crippen molar-refractivity contribution in [2.45, 2.75) is 109 Å². The number of carboxylic acids is 1. The summed E-state index contributed by atoms with van der Waals surface area (Å²) < 4.78 is 11.3. The van der Waals surface area contributed by atoms with Crippen molar-refractivity contribution in [1.29, 1.82) is 0 Å². The molecule has 39 heavy (non-hydrogen) atoms. The molecule has 0 aromatic carbocycles. The van der Waals surface area contributed by atoms with E-state index in [1.807, 2.05) is 31.7 Å². The number of aliphatic hydroxyl groups is 1. The van der Waals surface area contributed by atoms with Crippen LogP contribution in [0.2, 0.25) is 0 Å². The largest absolute Gasteiger partial charge is 0.480 e. The molecule has 5 atom stereocenters. The monoisotopic (exact) mass is 559 g/mol. The van der Waals surface area contributed by atoms with Crippen molar-refractivity contribution in [2.24, 2.45) is 17.3 Å². The molecule has 4 rings (SSSR count). The lowest BCUT2D eigenvalue weighted by Gasteiger charge is -2.45. The van der Waals surface area contributed by atoms with Gasteiger partial charge < -0.3 is 24.6 Å². The maximum atomic E-state index is 14.3. The standard InChI is InChI=1S/C31H45NO6S/c1-20-6-7-25(21(2)16-20)28(33)32(26-17-24(10-12-30(3,4)5)39-27(26)29(34)35)22-8-13-31(36,14-9-22)19-38-23-11-15-37-18-23/h6,17,21-23,25-27,36H,7-9,11,13-16,18-19H2,1-5H3,(H,34,35)/t21-,22?,23-,25?,26?,27?,31?/m1/s1. The molecule has 1 saturated carbocycles. The minimum Gasteiger partial charge on any atom is -0.480 e. The lowest BCUT2D eigenvalue weighted by molar-refractivity contribution is -0.148. The van der Waals surface area contributed by atoms with Crippen LogP contribution in [0.1, 0.15) is 79.6 Å². The zero-order valence-corrected chi connectivity index (χ0v) is 24.9. The number of hydrogen-bond acceptors (Lipinski definition) is 6. The van der Waals surface area contributed by atoms with E-state index in [2.05, 4.69) is 31.8 Å². The Labute approximate surface area is 237 Å². The SMILES string of the molecule is CC1=CCC(C(=O)N(C2CCC(O)(CO[C@@H]3CCOC3)CC2)C2C=C(C#CC(C)(C)C)SC2C(=O)O)[C@H](C)C1. The summed E-state index contributed by atoms with van der Waals surface area (Å²) in [7, 11) is 0. The van der Waals surface area contributed by atoms with Gasteiger partial charge >= 0.3 is 5.97 Å². The second kappa shape index (κ2) is 12.4. The molecule has 1 saturated heterocycles. The zero-order valence-electron chi connectivity index (χ0n) is 24.1. The normalized spacial score (nSPS) is 35.0. The van der Waals surface area contributed by atoms with Crippen molar-refractivity contribution < 1.29 is 29.3 Å². The zero-order chi connectivity index (χ0) is 28.4. The Hall–Kier alpha value is -1.79. The minimum absolute atomic E-state index is 0.0266. The molecule has 1 amide bonds. The van der Waals surface area contributed by atoms with Crippen LogP contribution in [0.15, 0.2) is 22.6 Å². The van der Waals surface area contributed by atoms with E-state index in [9.17, 15) is 19.8 Å². The number of aliphatic carboxylic acids is 1. The van der Waals surface area contributed by atoms with Gasteiger partial charge in [0.1, 0.15) is 5.25 Å². The molecule has 4 aliphatic rings. The number of thioether (sulfide) groups is 1. The third-order valence-corrected chi connectivity index (χ3v) is 9.62. The Morgan fingerprint density at radius 2 is 1.97 bits per heavy atom. The summed E-state index contributed by atoms with van der Waals surface area (Å²) in [6.07, 6.45) is 8.69. The van der Waals surface area contributed by atoms with E-state index in [4.69, 9.17) is 9.47 Å². The Kier molecular flexibility index (Phi) is 9.58. The highest BCUT2D eigenvalue weighted by Crippen LogP contribution is 2.42. The first-order valence-corrected chi connectivity index (χ1v) is 15.3. The molecule has 0 spiro atoms. The van der Waals surface area contributed by atoms with Crippen LogP contribution in [0, 0.1) is 29.1 Å². The highest BCUT2D eigenvalue weighted by Gasteiger charge is 2.47. The summed E-state index contributed by atoms with van der Waals surface area (Å²) in [6, 6.07) is -0.725. The van der Waals surface area contributed by atoms with Crippen LogP contribution in [0.3, 0.4) is 0 Å². The van der Waals surface area contributed by atoms with Crippen molar-refractivity contribution in [3.05, 3.63) is 22.6 Å². The quantitative estimate of drug-likeness (QED) is 0.342. The Morgan fingerprint density at radius 1 is 1.26 bits per heavy atom. The second-order valence-corrected chi connectivity index (χ2v) is 14.2. The Bertz CT molecular complexity index is 1040. The summed E-state index contributed by atoms with van der Waals surface area (Å²) >= 11 is 1.25. The fraction of sp³-hybridized carbons (Fsp3) is 0.742. The summed E-state index contributed by atoms with van der Waals surface area (Å²) in [5, 5.41) is 20.7. The molecule has 2 N–H and O–H groups in total. The Balaban J connectivity index is 1.58. The molecule has 216 valence electrons. The van der Waals surface area contributed by atoms with Crippen LogP contribution in [-0.4, -0.2) is 75.8 Å². The Morgan fingerprint density at radius 3 is 2.56 bits per heavy atom. The van der Waals surface area contributed by atoms with E-state index in [1.54, 1.807) is 0 Å². The number of rotatable bonds is 7. The van der Waals surface area contributed by atoms with Gasteiger partial charge in [0, 0.05) is 24.0 Å². The van der Waals surface area contributed by atoms with Gasteiger partial charge in [-0.05, 0) is 84.6 Å². The van der Waals surface area contributed by atoms with Crippen LogP contribution >= 0.6 is 11.8 Å². The number of amides is 1. The second-order valence-electron chi connectivity index (χ2n) is 13.0. The molecule has 3 unspecified atom stereocenters. The number of hydrogen-bond donors (Lipinski definition) is 2. The van der Waals surface area contributed by atoms with Crippen LogP contribution in [-0.2, 0) is 19.1 Å². The summed E-state index contributed by atoms with van der Waals surface area (Å²) in [4.78, 5) is 29.3. The molecule has 2 aliphatic heterocycles. The van der Waals surface area contributed by atoms with Crippen LogP contribution < -0.4 is 0 Å². The smallest absolute Gasteiger partial charge is 0.319 e. The van der Waals surface area contributed by atoms with Gasteiger partial charge in [0.25, 0.3) is 0 Å². The average molecular weight is 560 g/mol. The van der Waals surface area contributed by atoms with E-state index in [0.29, 0.717) is 50.2 Å². The van der Waals surface area contributed by atoms with Gasteiger partial charge in [-0.15, -0.1) is 0 Å². The van der Waals surface area contributed by atoms with E-state index < -0.39 is 22.9 Å². The van der Waals surface area contributed by atoms with Gasteiger partial charge in [-0.1, -0.05) is 42.2 Å². The number of carbonyl (C=O) groups is 2. The molecule has 0 bridgehead atoms. The molecule has 2 fully saturated rings. The van der Waals surface area contributed by atoms with E-state index >= 15 is 0 Å². The predicted octanol–water partition coefficient (Wildman–Crippen LogP) is 4.79. The van der Waals surface area contributed by atoms with Crippen LogP contribution in [0.5, 0.6) is 0 Å². The molecule has 0 aromatic rings. The molecule has 8 heteroatoms. The highest BCUT2D eigenvalue weighted by molar-refractivity contribution is 8.05. The van der Waals surface area contributed by atoms with Crippen molar-refractivity contribution in [3.8, 4) is 11.8 Å². The first kappa shape index (κ1) is 30.2. The van der Waals surface area contributed by atoms with Gasteiger partial charge in [-0.3, -0.25) is 9.59 Å². The van der Waals surface area contributed by atoms with E-state index in [0.717, 1.165) is 12.8 Å². The highest BCUT2D eigenvalue weighted by atomic mass is 32.2. The number of carboxylic acid groups (broad SMARTS) is 1. The van der Waals surface area contributed by atoms with Gasteiger partial charge in [-0.2, -0.15) is 0 Å². The van der Waals surface area contributed by atoms with Gasteiger partial charge in [-0.25, -0.2) is 0 Å². The summed E-state index contributed by atoms with van der Waals surface area (Å²) in [5.74, 6) is 5.50. The lowest BCUT2D eigenvalue weighted by Crippen LogP contribution is -2.56. The van der Waals surface area contributed by atoms with Crippen molar-refractivity contribution in [3.63, 3.8) is 0 Å². The van der Waals surface area contributed by atoms with Crippen molar-refractivity contribution in [2.75, 3.05) is 19.8 Å². The molecule has 7 nitrogen and oxygen atoms in total. The average Bonchev–Trinajstić information content (AvgIpc) is 3.53. The van der Waals surface area contributed by atoms with E-state index in [-0.39, 0.29) is 41.9 Å². The molecular weight excluding hydrogens is 514 g/mol. The minimum atomic E-state index is -0.943. The summed E-state index contributed by atoms with van der Waals surface area (Å²) in [5.41, 5.74) is 0.144. The van der Waals surface area contributed by atoms with Crippen LogP contribution in [0.25, 0.3) is 0 Å². The van der Waals surface area contributed by atoms with Crippen LogP contribution in [0.4, 0.5) is 0 Å². The first-order valence-electron chi connectivity index (χ1n) is 14.4. The molecule has 2 aliphatic carbocycles. The number of carbonyl (C=O) groups excluding carboxylic acids is 1. The number of nitrogens with zero attached hydrogens (tertiary/aromatic N) is 1. The van der Waals surface area contributed by atoms with E-state index in [1.165, 1.54) is 17.3 Å². The molecule has 2 heterocycles. The summed E-state index contributed by atoms with van der Waals surface area (Å²) in [6.45, 7) is 11.8. The first-order chi connectivity index (χ1) is 18.3. The fourth-order valence-corrected chi connectivity index (χ4v) is 7.16. The van der Waals surface area contributed by atoms with Crippen molar-refractivity contribution in [1.82, 2.24) is 4.90 Å². The van der Waals surface area contributed by atoms with Crippen molar-refractivity contribution >= 4 is 23.6 Å². The number of allylic oxidation sites excluding steroid dienone is 3. The molecular formula is C31H45NO6S. The van der Waals surface area contributed by atoms with Gasteiger partial charge in [0.05, 0.1) is 35.9 Å². The van der Waals surface area contributed by atoms with Gasteiger partial charge in [0.2, 0.25) is 5.91 Å². The topological polar surface area (TPSA) is 96.3 Å². The number of ether oxygens (including phenoxy) is 2. The maximum absolute atomic E-state index is 14.3. The molecule has 0 radical (unpaired) electrons. The fourth-order valence-electron chi connectivity index (χ4n) is 6.11. The lowest BCUT2D eigenvalue weighted by atomic mass is 9.78. The predicted molar refractivity (Wildman–Crippen MR) is 153 cm³/mol. The third kappa shape index (κ3) is 7.70.